The first-order valence-corrected chi connectivity index (χ1v) is 6.20. The summed E-state index contributed by atoms with van der Waals surface area (Å²) < 4.78 is 0. The van der Waals surface area contributed by atoms with E-state index in [1.807, 2.05) is 13.0 Å². The molecule has 18 heavy (non-hydrogen) atoms. The number of aryl methyl sites for hydroxylation is 1. The van der Waals surface area contributed by atoms with Crippen LogP contribution in [-0.4, -0.2) is 29.5 Å². The van der Waals surface area contributed by atoms with Crippen LogP contribution in [0.2, 0.25) is 0 Å². The highest BCUT2D eigenvalue weighted by molar-refractivity contribution is 5.43. The Bertz CT molecular complexity index is 421. The molecule has 2 N–H and O–H groups in total. The lowest BCUT2D eigenvalue weighted by Gasteiger charge is -2.27. The molecule has 1 rings (SSSR count). The summed E-state index contributed by atoms with van der Waals surface area (Å²) in [7, 11) is 0. The van der Waals surface area contributed by atoms with E-state index in [-0.39, 0.29) is 16.7 Å². The van der Waals surface area contributed by atoms with Crippen molar-refractivity contribution < 1.29 is 4.92 Å². The van der Waals surface area contributed by atoms with Crippen molar-refractivity contribution in [3.8, 4) is 0 Å². The average Bonchev–Trinajstić information content (AvgIpc) is 2.35. The van der Waals surface area contributed by atoms with E-state index in [1.54, 1.807) is 19.1 Å². The van der Waals surface area contributed by atoms with Crippen molar-refractivity contribution in [3.63, 3.8) is 0 Å². The van der Waals surface area contributed by atoms with Gasteiger partial charge in [-0.15, -0.1) is 0 Å². The van der Waals surface area contributed by atoms with Crippen LogP contribution >= 0.6 is 0 Å². The second-order valence-corrected chi connectivity index (χ2v) is 4.40. The Morgan fingerprint density at radius 2 is 2.17 bits per heavy atom. The number of nitro groups is 1. The number of nitrogens with zero attached hydrogens (tertiary/aromatic N) is 2. The van der Waals surface area contributed by atoms with Gasteiger partial charge in [-0.05, 0) is 26.0 Å². The fourth-order valence-corrected chi connectivity index (χ4v) is 2.09. The SMILES string of the molecule is CCN(CCN)C(C)c1ccc(C)c([N+](=O)[O-])c1. The Kier molecular flexibility index (Phi) is 5.25. The van der Waals surface area contributed by atoms with Crippen molar-refractivity contribution in [3.05, 3.63) is 39.4 Å². The topological polar surface area (TPSA) is 72.4 Å². The first-order chi connectivity index (χ1) is 8.51. The van der Waals surface area contributed by atoms with Gasteiger partial charge in [0, 0.05) is 30.8 Å². The maximum Gasteiger partial charge on any atom is 0.272 e. The molecular weight excluding hydrogens is 230 g/mol. The molecule has 100 valence electrons. The third-order valence-electron chi connectivity index (χ3n) is 3.28. The van der Waals surface area contributed by atoms with Crippen molar-refractivity contribution >= 4 is 5.69 Å². The largest absolute Gasteiger partial charge is 0.329 e. The predicted octanol–water partition coefficient (Wildman–Crippen LogP) is 2.24. The maximum absolute atomic E-state index is 10.9. The van der Waals surface area contributed by atoms with E-state index in [4.69, 9.17) is 5.73 Å². The smallest absolute Gasteiger partial charge is 0.272 e. The fourth-order valence-electron chi connectivity index (χ4n) is 2.09. The number of benzene rings is 1. The van der Waals surface area contributed by atoms with E-state index in [9.17, 15) is 10.1 Å². The van der Waals surface area contributed by atoms with Crippen LogP contribution in [0, 0.1) is 17.0 Å². The molecule has 0 aliphatic rings. The van der Waals surface area contributed by atoms with E-state index in [1.165, 1.54) is 0 Å². The summed E-state index contributed by atoms with van der Waals surface area (Å²) in [6.07, 6.45) is 0. The van der Waals surface area contributed by atoms with Crippen LogP contribution in [0.4, 0.5) is 5.69 Å². The zero-order chi connectivity index (χ0) is 13.7. The standard InChI is InChI=1S/C13H21N3O2/c1-4-15(8-7-14)11(3)12-6-5-10(2)13(9-12)16(17)18/h5-6,9,11H,4,7-8,14H2,1-3H3. The molecule has 0 bridgehead atoms. The fraction of sp³-hybridized carbons (Fsp3) is 0.538. The normalized spacial score (nSPS) is 12.7. The molecular formula is C13H21N3O2. The van der Waals surface area contributed by atoms with Crippen molar-refractivity contribution in [1.82, 2.24) is 4.90 Å². The number of nitrogens with two attached hydrogens (primary N) is 1. The number of hydrogen-bond donors (Lipinski definition) is 1. The summed E-state index contributed by atoms with van der Waals surface area (Å²) in [6.45, 7) is 8.12. The van der Waals surface area contributed by atoms with E-state index in [2.05, 4.69) is 11.8 Å². The Morgan fingerprint density at radius 1 is 1.50 bits per heavy atom. The molecule has 0 aliphatic heterocycles. The van der Waals surface area contributed by atoms with Gasteiger partial charge in [-0.3, -0.25) is 15.0 Å². The van der Waals surface area contributed by atoms with Crippen LogP contribution in [0.25, 0.3) is 0 Å². The third kappa shape index (κ3) is 3.27. The number of rotatable bonds is 6. The molecule has 0 radical (unpaired) electrons. The predicted molar refractivity (Wildman–Crippen MR) is 72.5 cm³/mol. The summed E-state index contributed by atoms with van der Waals surface area (Å²) in [4.78, 5) is 12.8. The van der Waals surface area contributed by atoms with Crippen LogP contribution in [0.3, 0.4) is 0 Å². The van der Waals surface area contributed by atoms with Crippen LogP contribution in [0.1, 0.15) is 31.0 Å². The van der Waals surface area contributed by atoms with Gasteiger partial charge in [0.25, 0.3) is 5.69 Å². The molecule has 0 aromatic heterocycles. The maximum atomic E-state index is 10.9. The monoisotopic (exact) mass is 251 g/mol. The van der Waals surface area contributed by atoms with Gasteiger partial charge in [0.2, 0.25) is 0 Å². The Hall–Kier alpha value is -1.46. The van der Waals surface area contributed by atoms with E-state index in [0.29, 0.717) is 12.1 Å². The second-order valence-electron chi connectivity index (χ2n) is 4.40. The summed E-state index contributed by atoms with van der Waals surface area (Å²) >= 11 is 0. The molecule has 5 nitrogen and oxygen atoms in total. The van der Waals surface area contributed by atoms with Crippen LogP contribution in [0.15, 0.2) is 18.2 Å². The molecule has 0 spiro atoms. The third-order valence-corrected chi connectivity index (χ3v) is 3.28. The van der Waals surface area contributed by atoms with Gasteiger partial charge in [-0.1, -0.05) is 19.1 Å². The van der Waals surface area contributed by atoms with Gasteiger partial charge in [0.15, 0.2) is 0 Å². The van der Waals surface area contributed by atoms with Crippen molar-refractivity contribution in [2.45, 2.75) is 26.8 Å². The Balaban J connectivity index is 3.02. The van der Waals surface area contributed by atoms with Crippen LogP contribution in [0.5, 0.6) is 0 Å². The Morgan fingerprint density at radius 3 is 2.67 bits per heavy atom. The molecule has 0 aliphatic carbocycles. The van der Waals surface area contributed by atoms with E-state index < -0.39 is 0 Å². The minimum Gasteiger partial charge on any atom is -0.329 e. The minimum atomic E-state index is -0.329. The van der Waals surface area contributed by atoms with Crippen LogP contribution in [-0.2, 0) is 0 Å². The zero-order valence-corrected chi connectivity index (χ0v) is 11.2. The quantitative estimate of drug-likeness (QED) is 0.621. The van der Waals surface area contributed by atoms with Crippen molar-refractivity contribution in [2.24, 2.45) is 5.73 Å². The molecule has 0 amide bonds. The average molecular weight is 251 g/mol. The van der Waals surface area contributed by atoms with E-state index in [0.717, 1.165) is 18.7 Å². The molecule has 1 aromatic rings. The van der Waals surface area contributed by atoms with Gasteiger partial charge in [-0.25, -0.2) is 0 Å². The van der Waals surface area contributed by atoms with E-state index >= 15 is 0 Å². The molecule has 0 saturated heterocycles. The molecule has 0 saturated carbocycles. The first-order valence-electron chi connectivity index (χ1n) is 6.20. The van der Waals surface area contributed by atoms with Gasteiger partial charge in [0.1, 0.15) is 0 Å². The molecule has 1 aromatic carbocycles. The van der Waals surface area contributed by atoms with Gasteiger partial charge in [-0.2, -0.15) is 0 Å². The second kappa shape index (κ2) is 6.47. The number of nitro benzene ring substituents is 1. The molecule has 1 atom stereocenters. The summed E-state index contributed by atoms with van der Waals surface area (Å²) in [5.41, 5.74) is 7.41. The molecule has 0 fully saturated rings. The lowest BCUT2D eigenvalue weighted by Crippen LogP contribution is -2.31. The highest BCUT2D eigenvalue weighted by Gasteiger charge is 2.17. The van der Waals surface area contributed by atoms with Crippen molar-refractivity contribution in [1.29, 1.82) is 0 Å². The van der Waals surface area contributed by atoms with Gasteiger partial charge >= 0.3 is 0 Å². The summed E-state index contributed by atoms with van der Waals surface area (Å²) in [6, 6.07) is 5.56. The zero-order valence-electron chi connectivity index (χ0n) is 11.2. The number of hydrogen-bond acceptors (Lipinski definition) is 4. The highest BCUT2D eigenvalue weighted by atomic mass is 16.6. The van der Waals surface area contributed by atoms with Crippen LogP contribution < -0.4 is 5.73 Å². The molecule has 0 heterocycles. The summed E-state index contributed by atoms with van der Waals surface area (Å²) in [5.74, 6) is 0. The highest BCUT2D eigenvalue weighted by Crippen LogP contribution is 2.26. The molecule has 1 unspecified atom stereocenters. The lowest BCUT2D eigenvalue weighted by molar-refractivity contribution is -0.385. The summed E-state index contributed by atoms with van der Waals surface area (Å²) in [5, 5.41) is 10.9. The number of likely N-dealkylation sites (N-methyl/N-ethyl adjacent to an activating group) is 1. The van der Waals surface area contributed by atoms with Gasteiger partial charge < -0.3 is 5.73 Å². The molecule has 5 heteroatoms. The minimum absolute atomic E-state index is 0.137. The van der Waals surface area contributed by atoms with Crippen molar-refractivity contribution in [2.75, 3.05) is 19.6 Å². The first kappa shape index (κ1) is 14.6. The van der Waals surface area contributed by atoms with Gasteiger partial charge in [0.05, 0.1) is 4.92 Å². The Labute approximate surface area is 108 Å². The lowest BCUT2D eigenvalue weighted by atomic mass is 10.0.